The summed E-state index contributed by atoms with van der Waals surface area (Å²) in [7, 11) is 1.01. The van der Waals surface area contributed by atoms with Crippen molar-refractivity contribution in [3.63, 3.8) is 0 Å². The molecule has 2 N–H and O–H groups in total. The Labute approximate surface area is 391 Å². The minimum atomic E-state index is -4.70. The Kier molecular flexibility index (Phi) is 42.0. The van der Waals surface area contributed by atoms with Crippen molar-refractivity contribution in [2.24, 2.45) is 0 Å². The van der Waals surface area contributed by atoms with Crippen LogP contribution < -0.4 is 4.89 Å². The zero-order valence-electron chi connectivity index (χ0n) is 41.4. The highest BCUT2D eigenvalue weighted by molar-refractivity contribution is 7.45. The van der Waals surface area contributed by atoms with Crippen LogP contribution in [0.15, 0.2) is 48.6 Å². The summed E-state index contributed by atoms with van der Waals surface area (Å²) in [6, 6.07) is 0. The summed E-state index contributed by atoms with van der Waals surface area (Å²) in [5.41, 5.74) is 0. The SMILES string of the molecule is CCCCC/C=C\C[C@H](O)/C=C/C=C/C=C\[C@H](O)CCCC(=O)O[C@H](COC(=O)CCCCCCCCCCCCCCCCCCCCCCC)COP(=O)([O-])OCC[N+](C)(C)C. The van der Waals surface area contributed by atoms with Gasteiger partial charge >= 0.3 is 11.9 Å². The number of carbonyl (C=O) groups is 2. The van der Waals surface area contributed by atoms with E-state index in [2.05, 4.69) is 19.9 Å². The third-order valence-electron chi connectivity index (χ3n) is 11.0. The van der Waals surface area contributed by atoms with E-state index in [-0.39, 0.29) is 26.1 Å². The maximum atomic E-state index is 12.7. The standard InChI is InChI=1S/C52H96NO10P/c1-6-8-10-12-14-15-16-17-18-19-20-21-22-23-24-25-26-27-28-30-36-42-51(56)60-46-50(47-62-64(58,59)61-45-44-53(3,4)5)63-52(57)43-37-41-49(55)40-35-32-31-34-39-48(54)38-33-29-13-11-9-7-2/h29,31-35,39-40,48-50,54-55H,6-28,30,36-38,41-47H2,1-5H3/b32-31+,33-29-,39-34+,40-35-/t48-,49-,50+/m0/s1. The van der Waals surface area contributed by atoms with E-state index < -0.39 is 44.7 Å². The number of carbonyl (C=O) groups excluding carboxylic acids is 2. The molecule has 0 aromatic carbocycles. The van der Waals surface area contributed by atoms with Crippen molar-refractivity contribution in [3.8, 4) is 0 Å². The third kappa shape index (κ3) is 46.4. The molecule has 0 aromatic rings. The van der Waals surface area contributed by atoms with E-state index in [1.165, 1.54) is 128 Å². The van der Waals surface area contributed by atoms with E-state index in [1.54, 1.807) is 36.5 Å². The van der Waals surface area contributed by atoms with Crippen LogP contribution in [0.3, 0.4) is 0 Å². The lowest BCUT2D eigenvalue weighted by Crippen LogP contribution is -2.37. The molecule has 0 saturated heterocycles. The van der Waals surface area contributed by atoms with Crippen LogP contribution in [-0.2, 0) is 32.7 Å². The number of phosphoric ester groups is 1. The highest BCUT2D eigenvalue weighted by Gasteiger charge is 2.22. The molecule has 64 heavy (non-hydrogen) atoms. The monoisotopic (exact) mass is 926 g/mol. The van der Waals surface area contributed by atoms with Gasteiger partial charge in [0.25, 0.3) is 7.82 Å². The van der Waals surface area contributed by atoms with Gasteiger partial charge in [-0.15, -0.1) is 0 Å². The average Bonchev–Trinajstić information content (AvgIpc) is 3.24. The number of phosphoric acid groups is 1. The van der Waals surface area contributed by atoms with Crippen molar-refractivity contribution in [1.29, 1.82) is 0 Å². The molecule has 0 fully saturated rings. The average molecular weight is 926 g/mol. The van der Waals surface area contributed by atoms with Gasteiger partial charge in [-0.1, -0.05) is 204 Å². The van der Waals surface area contributed by atoms with E-state index in [1.807, 2.05) is 27.2 Å². The van der Waals surface area contributed by atoms with Crippen LogP contribution in [-0.4, -0.2) is 92.5 Å². The van der Waals surface area contributed by atoms with E-state index >= 15 is 0 Å². The predicted molar refractivity (Wildman–Crippen MR) is 262 cm³/mol. The second-order valence-electron chi connectivity index (χ2n) is 18.6. The second-order valence-corrected chi connectivity index (χ2v) is 20.0. The van der Waals surface area contributed by atoms with Crippen LogP contribution in [0.1, 0.15) is 206 Å². The lowest BCUT2D eigenvalue weighted by Gasteiger charge is -2.28. The molecule has 11 nitrogen and oxygen atoms in total. The largest absolute Gasteiger partial charge is 0.756 e. The number of nitrogens with zero attached hydrogens (tertiary/aromatic N) is 1. The molecule has 0 aliphatic heterocycles. The molecule has 0 heterocycles. The van der Waals surface area contributed by atoms with Crippen molar-refractivity contribution in [2.45, 2.75) is 225 Å². The lowest BCUT2D eigenvalue weighted by molar-refractivity contribution is -0.870. The van der Waals surface area contributed by atoms with Crippen molar-refractivity contribution in [2.75, 3.05) is 47.5 Å². The van der Waals surface area contributed by atoms with Gasteiger partial charge in [0.2, 0.25) is 0 Å². The highest BCUT2D eigenvalue weighted by Crippen LogP contribution is 2.38. The molecular formula is C52H96NO10P. The van der Waals surface area contributed by atoms with Crippen LogP contribution in [0.4, 0.5) is 0 Å². The summed E-state index contributed by atoms with van der Waals surface area (Å²) in [4.78, 5) is 37.7. The van der Waals surface area contributed by atoms with Gasteiger partial charge in [-0.3, -0.25) is 14.2 Å². The minimum absolute atomic E-state index is 0.0344. The molecule has 12 heteroatoms. The number of aliphatic hydroxyl groups excluding tert-OH is 2. The first-order valence-corrected chi connectivity index (χ1v) is 27.0. The second kappa shape index (κ2) is 43.5. The smallest absolute Gasteiger partial charge is 0.306 e. The van der Waals surface area contributed by atoms with Gasteiger partial charge in [-0.05, 0) is 38.5 Å². The van der Waals surface area contributed by atoms with Gasteiger partial charge in [0.15, 0.2) is 6.10 Å². The van der Waals surface area contributed by atoms with Gasteiger partial charge in [-0.25, -0.2) is 0 Å². The summed E-state index contributed by atoms with van der Waals surface area (Å²) < 4.78 is 33.8. The van der Waals surface area contributed by atoms with Crippen molar-refractivity contribution in [1.82, 2.24) is 0 Å². The van der Waals surface area contributed by atoms with Crippen LogP contribution in [0.5, 0.6) is 0 Å². The third-order valence-corrected chi connectivity index (χ3v) is 12.0. The summed E-state index contributed by atoms with van der Waals surface area (Å²) in [6.45, 7) is 3.90. The van der Waals surface area contributed by atoms with Gasteiger partial charge in [0.1, 0.15) is 19.8 Å². The summed E-state index contributed by atoms with van der Waals surface area (Å²) in [5.74, 6) is -1.07. The van der Waals surface area contributed by atoms with E-state index in [0.29, 0.717) is 36.7 Å². The molecule has 0 aliphatic rings. The number of quaternary nitrogens is 1. The number of aliphatic hydroxyl groups is 2. The maximum absolute atomic E-state index is 12.7. The van der Waals surface area contributed by atoms with Crippen molar-refractivity contribution >= 4 is 19.8 Å². The Morgan fingerprint density at radius 3 is 1.56 bits per heavy atom. The minimum Gasteiger partial charge on any atom is -0.756 e. The Balaban J connectivity index is 4.45. The zero-order chi connectivity index (χ0) is 47.4. The topological polar surface area (TPSA) is 152 Å². The molecule has 0 rings (SSSR count). The fourth-order valence-electron chi connectivity index (χ4n) is 6.97. The first-order chi connectivity index (χ1) is 30.8. The number of allylic oxidation sites excluding steroid dienone is 5. The molecule has 4 atom stereocenters. The molecule has 1 unspecified atom stereocenters. The Morgan fingerprint density at radius 1 is 0.578 bits per heavy atom. The summed E-state index contributed by atoms with van der Waals surface area (Å²) >= 11 is 0. The Bertz CT molecular complexity index is 1260. The van der Waals surface area contributed by atoms with Gasteiger partial charge in [0.05, 0.1) is 40.0 Å². The van der Waals surface area contributed by atoms with Gasteiger partial charge in [0, 0.05) is 12.8 Å². The molecule has 0 aromatic heterocycles. The molecule has 0 spiro atoms. The quantitative estimate of drug-likeness (QED) is 0.0151. The lowest BCUT2D eigenvalue weighted by atomic mass is 10.0. The maximum Gasteiger partial charge on any atom is 0.306 e. The number of rotatable bonds is 46. The number of esters is 2. The van der Waals surface area contributed by atoms with Crippen LogP contribution in [0.25, 0.3) is 0 Å². The van der Waals surface area contributed by atoms with E-state index in [9.17, 15) is 29.3 Å². The van der Waals surface area contributed by atoms with Crippen LogP contribution in [0.2, 0.25) is 0 Å². The van der Waals surface area contributed by atoms with Gasteiger partial charge < -0.3 is 38.1 Å². The van der Waals surface area contributed by atoms with Gasteiger partial charge in [-0.2, -0.15) is 0 Å². The molecular weight excluding hydrogens is 830 g/mol. The first-order valence-electron chi connectivity index (χ1n) is 25.6. The number of unbranched alkanes of at least 4 members (excludes halogenated alkanes) is 23. The molecule has 0 bridgehead atoms. The Hall–Kier alpha value is -2.11. The number of likely N-dealkylation sites (N-methyl/N-ethyl adjacent to an activating group) is 1. The normalized spacial score (nSPS) is 14.8. The summed E-state index contributed by atoms with van der Waals surface area (Å²) in [6.07, 6.45) is 44.9. The summed E-state index contributed by atoms with van der Waals surface area (Å²) in [5, 5.41) is 20.4. The van der Waals surface area contributed by atoms with Crippen LogP contribution in [0, 0.1) is 0 Å². The Morgan fingerprint density at radius 2 is 1.05 bits per heavy atom. The van der Waals surface area contributed by atoms with Crippen molar-refractivity contribution < 1.29 is 52.3 Å². The number of hydrogen-bond acceptors (Lipinski definition) is 10. The highest BCUT2D eigenvalue weighted by atomic mass is 31.2. The molecule has 0 amide bonds. The number of hydrogen-bond donors (Lipinski definition) is 2. The zero-order valence-corrected chi connectivity index (χ0v) is 42.3. The molecule has 0 aliphatic carbocycles. The molecule has 0 radical (unpaired) electrons. The fraction of sp³-hybridized carbons (Fsp3) is 0.808. The molecule has 0 saturated carbocycles. The fourth-order valence-corrected chi connectivity index (χ4v) is 7.70. The van der Waals surface area contributed by atoms with E-state index in [0.717, 1.165) is 25.7 Å². The molecule has 374 valence electrons. The first kappa shape index (κ1) is 61.9. The van der Waals surface area contributed by atoms with Crippen molar-refractivity contribution in [3.05, 3.63) is 48.6 Å². The predicted octanol–water partition coefficient (Wildman–Crippen LogP) is 12.3. The number of ether oxygens (including phenoxy) is 2. The van der Waals surface area contributed by atoms with E-state index in [4.69, 9.17) is 18.5 Å². The van der Waals surface area contributed by atoms with Crippen LogP contribution >= 0.6 is 7.82 Å².